The standard InChI is InChI=1S/C30H27F2N3O4/c1-3-16-38-23-12-13-26-24(17-23)25(36)18-27(39-26)29(37)34-35-15-14-33-28(19-4-8-21(31)9-5-19)30(35,2)20-6-10-22(32)11-7-20/h3-13,17-18,28,33H,1,14-16H2,2H3,(H,34,37). The van der Waals surface area contributed by atoms with Gasteiger partial charge in [-0.25, -0.2) is 13.8 Å². The Hall–Kier alpha value is -4.34. The summed E-state index contributed by atoms with van der Waals surface area (Å²) in [4.78, 5) is 26.3. The van der Waals surface area contributed by atoms with Gasteiger partial charge in [0, 0.05) is 19.2 Å². The van der Waals surface area contributed by atoms with Crippen LogP contribution in [0.15, 0.2) is 94.7 Å². The summed E-state index contributed by atoms with van der Waals surface area (Å²) in [5.41, 5.74) is 3.33. The molecule has 0 spiro atoms. The largest absolute Gasteiger partial charge is 0.490 e. The van der Waals surface area contributed by atoms with E-state index in [0.29, 0.717) is 18.8 Å². The van der Waals surface area contributed by atoms with Crippen LogP contribution in [-0.2, 0) is 5.54 Å². The number of benzene rings is 3. The van der Waals surface area contributed by atoms with Crippen LogP contribution in [0, 0.1) is 11.6 Å². The summed E-state index contributed by atoms with van der Waals surface area (Å²) in [6, 6.07) is 17.6. The predicted octanol–water partition coefficient (Wildman–Crippen LogP) is 4.84. The van der Waals surface area contributed by atoms with E-state index < -0.39 is 28.7 Å². The van der Waals surface area contributed by atoms with E-state index in [2.05, 4.69) is 17.3 Å². The number of nitrogens with zero attached hydrogens (tertiary/aromatic N) is 1. The van der Waals surface area contributed by atoms with Crippen molar-refractivity contribution >= 4 is 16.9 Å². The fourth-order valence-electron chi connectivity index (χ4n) is 4.96. The van der Waals surface area contributed by atoms with Crippen LogP contribution in [0.4, 0.5) is 8.78 Å². The molecule has 200 valence electrons. The van der Waals surface area contributed by atoms with Gasteiger partial charge < -0.3 is 14.5 Å². The Bertz CT molecular complexity index is 1570. The molecule has 0 aliphatic carbocycles. The van der Waals surface area contributed by atoms with E-state index >= 15 is 0 Å². The zero-order valence-electron chi connectivity index (χ0n) is 21.2. The van der Waals surface area contributed by atoms with Crippen molar-refractivity contribution in [1.29, 1.82) is 0 Å². The van der Waals surface area contributed by atoms with Crippen LogP contribution >= 0.6 is 0 Å². The third-order valence-corrected chi connectivity index (χ3v) is 6.97. The third kappa shape index (κ3) is 5.19. The van der Waals surface area contributed by atoms with E-state index in [4.69, 9.17) is 9.15 Å². The Morgan fingerprint density at radius 1 is 1.13 bits per heavy atom. The predicted molar refractivity (Wildman–Crippen MR) is 143 cm³/mol. The fourth-order valence-corrected chi connectivity index (χ4v) is 4.96. The first kappa shape index (κ1) is 26.3. The van der Waals surface area contributed by atoms with E-state index in [0.717, 1.165) is 17.2 Å². The number of hydrogen-bond donors (Lipinski definition) is 2. The molecule has 0 radical (unpaired) electrons. The lowest BCUT2D eigenvalue weighted by atomic mass is 9.78. The molecule has 3 aromatic carbocycles. The van der Waals surface area contributed by atoms with Crippen molar-refractivity contribution in [2.24, 2.45) is 0 Å². The lowest BCUT2D eigenvalue weighted by molar-refractivity contribution is -0.0118. The summed E-state index contributed by atoms with van der Waals surface area (Å²) in [5.74, 6) is -1.06. The number of amides is 1. The Labute approximate surface area is 223 Å². The summed E-state index contributed by atoms with van der Waals surface area (Å²) in [6.07, 6.45) is 1.59. The molecule has 4 aromatic rings. The second-order valence-corrected chi connectivity index (χ2v) is 9.42. The summed E-state index contributed by atoms with van der Waals surface area (Å²) in [6.45, 7) is 6.68. The second kappa shape index (κ2) is 10.8. The average Bonchev–Trinajstić information content (AvgIpc) is 2.94. The Morgan fingerprint density at radius 2 is 1.82 bits per heavy atom. The molecule has 5 rings (SSSR count). The second-order valence-electron chi connectivity index (χ2n) is 9.42. The molecule has 39 heavy (non-hydrogen) atoms. The van der Waals surface area contributed by atoms with Crippen LogP contribution in [0.3, 0.4) is 0 Å². The summed E-state index contributed by atoms with van der Waals surface area (Å²) in [5, 5.41) is 5.47. The maximum absolute atomic E-state index is 13.8. The molecule has 0 bridgehead atoms. The number of carbonyl (C=O) groups excluding carboxylic acids is 1. The molecule has 2 N–H and O–H groups in total. The number of piperazine rings is 1. The minimum Gasteiger partial charge on any atom is -0.490 e. The molecule has 1 amide bonds. The normalized spacial score (nSPS) is 19.5. The fraction of sp³-hybridized carbons (Fsp3) is 0.200. The lowest BCUT2D eigenvalue weighted by Crippen LogP contribution is -2.64. The van der Waals surface area contributed by atoms with Gasteiger partial charge in [0.05, 0.1) is 17.0 Å². The van der Waals surface area contributed by atoms with Gasteiger partial charge in [0.25, 0.3) is 0 Å². The molecule has 1 aliphatic heterocycles. The van der Waals surface area contributed by atoms with Crippen molar-refractivity contribution in [2.45, 2.75) is 18.5 Å². The number of rotatable bonds is 7. The molecule has 2 heterocycles. The Kier molecular flexibility index (Phi) is 7.28. The first-order valence-corrected chi connectivity index (χ1v) is 12.4. The highest BCUT2D eigenvalue weighted by atomic mass is 19.1. The van der Waals surface area contributed by atoms with Crippen molar-refractivity contribution < 1.29 is 22.7 Å². The molecule has 1 aromatic heterocycles. The van der Waals surface area contributed by atoms with E-state index in [-0.39, 0.29) is 29.2 Å². The van der Waals surface area contributed by atoms with Crippen molar-refractivity contribution in [3.8, 4) is 5.75 Å². The molecule has 1 fully saturated rings. The van der Waals surface area contributed by atoms with Gasteiger partial charge in [-0.15, -0.1) is 0 Å². The van der Waals surface area contributed by atoms with E-state index in [9.17, 15) is 18.4 Å². The molecule has 1 saturated heterocycles. The minimum atomic E-state index is -0.923. The summed E-state index contributed by atoms with van der Waals surface area (Å²) < 4.78 is 38.8. The molecule has 2 atom stereocenters. The van der Waals surface area contributed by atoms with Crippen LogP contribution in [-0.4, -0.2) is 30.6 Å². The van der Waals surface area contributed by atoms with Gasteiger partial charge in [0.15, 0.2) is 11.2 Å². The van der Waals surface area contributed by atoms with Gasteiger partial charge >= 0.3 is 5.91 Å². The van der Waals surface area contributed by atoms with E-state index in [1.807, 2.05) is 6.92 Å². The topological polar surface area (TPSA) is 83.8 Å². The highest BCUT2D eigenvalue weighted by molar-refractivity contribution is 5.93. The van der Waals surface area contributed by atoms with E-state index in [1.165, 1.54) is 24.3 Å². The van der Waals surface area contributed by atoms with Gasteiger partial charge in [-0.05, 0) is 60.5 Å². The lowest BCUT2D eigenvalue weighted by Gasteiger charge is -2.50. The van der Waals surface area contributed by atoms with Crippen LogP contribution in [0.1, 0.15) is 34.6 Å². The first-order valence-electron chi connectivity index (χ1n) is 12.4. The number of ether oxygens (including phenoxy) is 1. The third-order valence-electron chi connectivity index (χ3n) is 6.97. The van der Waals surface area contributed by atoms with Crippen LogP contribution in [0.2, 0.25) is 0 Å². The Balaban J connectivity index is 1.49. The van der Waals surface area contributed by atoms with Gasteiger partial charge in [-0.1, -0.05) is 36.9 Å². The average molecular weight is 532 g/mol. The number of nitrogens with one attached hydrogen (secondary N) is 2. The SMILES string of the molecule is C=CCOc1ccc2oc(C(=O)NN3CCNC(c4ccc(F)cc4)C3(C)c3ccc(F)cc3)cc(=O)c2c1. The molecule has 2 unspecified atom stereocenters. The molecule has 1 aliphatic rings. The van der Waals surface area contributed by atoms with Crippen LogP contribution < -0.4 is 20.9 Å². The number of carbonyl (C=O) groups is 1. The molecule has 0 saturated carbocycles. The molecular formula is C30H27F2N3O4. The van der Waals surface area contributed by atoms with Crippen LogP contribution in [0.5, 0.6) is 5.75 Å². The van der Waals surface area contributed by atoms with Gasteiger partial charge in [0.1, 0.15) is 29.6 Å². The Morgan fingerprint density at radius 3 is 2.51 bits per heavy atom. The van der Waals surface area contributed by atoms with Gasteiger partial charge in [-0.3, -0.25) is 15.0 Å². The zero-order valence-corrected chi connectivity index (χ0v) is 21.2. The molecule has 7 nitrogen and oxygen atoms in total. The molecule has 9 heteroatoms. The zero-order chi connectivity index (χ0) is 27.6. The number of hydrazine groups is 1. The highest BCUT2D eigenvalue weighted by Gasteiger charge is 2.46. The number of fused-ring (bicyclic) bond motifs is 1. The minimum absolute atomic E-state index is 0.161. The number of hydrogen-bond acceptors (Lipinski definition) is 6. The maximum atomic E-state index is 13.8. The maximum Gasteiger partial charge on any atom is 0.301 e. The molecular weight excluding hydrogens is 504 g/mol. The van der Waals surface area contributed by atoms with Crippen molar-refractivity contribution in [2.75, 3.05) is 19.7 Å². The monoisotopic (exact) mass is 531 g/mol. The van der Waals surface area contributed by atoms with Crippen LogP contribution in [0.25, 0.3) is 11.0 Å². The van der Waals surface area contributed by atoms with Gasteiger partial charge in [-0.2, -0.15) is 0 Å². The first-order chi connectivity index (χ1) is 18.8. The summed E-state index contributed by atoms with van der Waals surface area (Å²) >= 11 is 0. The number of halogens is 2. The quantitative estimate of drug-likeness (QED) is 0.332. The smallest absolute Gasteiger partial charge is 0.301 e. The van der Waals surface area contributed by atoms with Crippen molar-refractivity contribution in [1.82, 2.24) is 15.8 Å². The van der Waals surface area contributed by atoms with E-state index in [1.54, 1.807) is 53.5 Å². The van der Waals surface area contributed by atoms with Gasteiger partial charge in [0.2, 0.25) is 0 Å². The van der Waals surface area contributed by atoms with Crippen molar-refractivity contribution in [3.63, 3.8) is 0 Å². The highest BCUT2D eigenvalue weighted by Crippen LogP contribution is 2.41. The summed E-state index contributed by atoms with van der Waals surface area (Å²) in [7, 11) is 0. The van der Waals surface area contributed by atoms with Crippen molar-refractivity contribution in [3.05, 3.63) is 124 Å².